The van der Waals surface area contributed by atoms with Crippen molar-refractivity contribution in [2.75, 3.05) is 25.4 Å². The second kappa shape index (κ2) is 6.93. The Morgan fingerprint density at radius 3 is 2.62 bits per heavy atom. The number of carbonyl (C=O) groups excluding carboxylic acids is 2. The molecule has 1 aromatic rings. The van der Waals surface area contributed by atoms with Gasteiger partial charge in [0.05, 0.1) is 0 Å². The average molecular weight is 354 g/mol. The zero-order valence-electron chi connectivity index (χ0n) is 12.1. The van der Waals surface area contributed by atoms with E-state index in [9.17, 15) is 9.59 Å². The monoisotopic (exact) mass is 353 g/mol. The van der Waals surface area contributed by atoms with Crippen LogP contribution in [0.15, 0.2) is 22.7 Å². The highest BCUT2D eigenvalue weighted by Crippen LogP contribution is 2.23. The SMILES string of the molecule is CC(=O)NCC1CCN(C(=O)c2ccc(N)c(Br)c2)CC1. The van der Waals surface area contributed by atoms with Gasteiger partial charge < -0.3 is 16.0 Å². The van der Waals surface area contributed by atoms with Crippen molar-refractivity contribution >= 4 is 33.4 Å². The highest BCUT2D eigenvalue weighted by molar-refractivity contribution is 9.10. The summed E-state index contributed by atoms with van der Waals surface area (Å²) in [6.45, 7) is 3.68. The van der Waals surface area contributed by atoms with Gasteiger partial charge in [-0.15, -0.1) is 0 Å². The summed E-state index contributed by atoms with van der Waals surface area (Å²) in [5.41, 5.74) is 7.01. The van der Waals surface area contributed by atoms with Crippen molar-refractivity contribution in [3.63, 3.8) is 0 Å². The zero-order chi connectivity index (χ0) is 15.4. The highest BCUT2D eigenvalue weighted by Gasteiger charge is 2.23. The number of nitrogens with one attached hydrogen (secondary N) is 1. The van der Waals surface area contributed by atoms with E-state index in [1.165, 1.54) is 6.92 Å². The van der Waals surface area contributed by atoms with Crippen LogP contribution < -0.4 is 11.1 Å². The van der Waals surface area contributed by atoms with Crippen LogP contribution in [0.3, 0.4) is 0 Å². The molecule has 0 spiro atoms. The van der Waals surface area contributed by atoms with Crippen molar-refractivity contribution in [2.45, 2.75) is 19.8 Å². The summed E-state index contributed by atoms with van der Waals surface area (Å²) in [4.78, 5) is 25.2. The van der Waals surface area contributed by atoms with Crippen molar-refractivity contribution in [1.29, 1.82) is 0 Å². The Labute approximate surface area is 133 Å². The Balaban J connectivity index is 1.90. The standard InChI is InChI=1S/C15H20BrN3O2/c1-10(20)18-9-11-4-6-19(7-5-11)15(21)12-2-3-14(17)13(16)8-12/h2-3,8,11H,4-7,9,17H2,1H3,(H,18,20). The minimum absolute atomic E-state index is 0.000213. The molecule has 0 bridgehead atoms. The highest BCUT2D eigenvalue weighted by atomic mass is 79.9. The molecule has 0 atom stereocenters. The number of hydrogen-bond donors (Lipinski definition) is 2. The fourth-order valence-electron chi connectivity index (χ4n) is 2.47. The van der Waals surface area contributed by atoms with Crippen LogP contribution in [0.5, 0.6) is 0 Å². The summed E-state index contributed by atoms with van der Waals surface area (Å²) in [5, 5.41) is 2.84. The first-order valence-electron chi connectivity index (χ1n) is 7.06. The summed E-state index contributed by atoms with van der Waals surface area (Å²) >= 11 is 3.35. The predicted octanol–water partition coefficient (Wildman–Crippen LogP) is 2.02. The Morgan fingerprint density at radius 1 is 1.38 bits per heavy atom. The first kappa shape index (κ1) is 15.8. The number of halogens is 1. The Kier molecular flexibility index (Phi) is 5.22. The minimum Gasteiger partial charge on any atom is -0.398 e. The van der Waals surface area contributed by atoms with Crippen LogP contribution in [0, 0.1) is 5.92 Å². The number of carbonyl (C=O) groups is 2. The van der Waals surface area contributed by atoms with E-state index in [4.69, 9.17) is 5.73 Å². The second-order valence-electron chi connectivity index (χ2n) is 5.41. The topological polar surface area (TPSA) is 75.4 Å². The van der Waals surface area contributed by atoms with Crippen LogP contribution in [-0.2, 0) is 4.79 Å². The molecule has 2 rings (SSSR count). The largest absolute Gasteiger partial charge is 0.398 e. The molecule has 0 unspecified atom stereocenters. The molecule has 5 nitrogen and oxygen atoms in total. The number of nitrogens with two attached hydrogens (primary N) is 1. The van der Waals surface area contributed by atoms with Gasteiger partial charge in [0.1, 0.15) is 0 Å². The van der Waals surface area contributed by atoms with Gasteiger partial charge in [0.2, 0.25) is 5.91 Å². The lowest BCUT2D eigenvalue weighted by atomic mass is 9.96. The Hall–Kier alpha value is -1.56. The zero-order valence-corrected chi connectivity index (χ0v) is 13.6. The maximum absolute atomic E-state index is 12.4. The number of anilines is 1. The molecule has 21 heavy (non-hydrogen) atoms. The smallest absolute Gasteiger partial charge is 0.253 e. The molecular weight excluding hydrogens is 334 g/mol. The van der Waals surface area contributed by atoms with Gasteiger partial charge in [-0.1, -0.05) is 0 Å². The first-order valence-corrected chi connectivity index (χ1v) is 7.85. The van der Waals surface area contributed by atoms with Crippen molar-refractivity contribution in [3.8, 4) is 0 Å². The van der Waals surface area contributed by atoms with Gasteiger partial charge in [-0.3, -0.25) is 9.59 Å². The normalized spacial score (nSPS) is 15.8. The first-order chi connectivity index (χ1) is 9.97. The summed E-state index contributed by atoms with van der Waals surface area (Å²) < 4.78 is 0.744. The average Bonchev–Trinajstić information content (AvgIpc) is 2.48. The van der Waals surface area contributed by atoms with Gasteiger partial charge in [-0.25, -0.2) is 0 Å². The van der Waals surface area contributed by atoms with E-state index in [2.05, 4.69) is 21.2 Å². The van der Waals surface area contributed by atoms with Gasteiger partial charge >= 0.3 is 0 Å². The van der Waals surface area contributed by atoms with Crippen LogP contribution in [0.1, 0.15) is 30.1 Å². The maximum atomic E-state index is 12.4. The molecular formula is C15H20BrN3O2. The number of rotatable bonds is 3. The molecule has 1 heterocycles. The molecule has 0 aromatic heterocycles. The molecule has 1 fully saturated rings. The number of piperidine rings is 1. The fraction of sp³-hybridized carbons (Fsp3) is 0.467. The molecule has 114 valence electrons. The molecule has 1 aliphatic rings. The van der Waals surface area contributed by atoms with Crippen LogP contribution in [-0.4, -0.2) is 36.3 Å². The molecule has 0 aliphatic carbocycles. The van der Waals surface area contributed by atoms with E-state index in [0.717, 1.165) is 30.4 Å². The minimum atomic E-state index is 0.000213. The summed E-state index contributed by atoms with van der Waals surface area (Å²) in [5.74, 6) is 0.491. The molecule has 2 amide bonds. The third kappa shape index (κ3) is 4.20. The van der Waals surface area contributed by atoms with E-state index >= 15 is 0 Å². The molecule has 1 saturated heterocycles. The quantitative estimate of drug-likeness (QED) is 0.816. The third-order valence-corrected chi connectivity index (χ3v) is 4.48. The van der Waals surface area contributed by atoms with Gasteiger partial charge in [-0.05, 0) is 52.9 Å². The van der Waals surface area contributed by atoms with Crippen molar-refractivity contribution in [1.82, 2.24) is 10.2 Å². The van der Waals surface area contributed by atoms with Gasteiger partial charge in [-0.2, -0.15) is 0 Å². The van der Waals surface area contributed by atoms with Crippen LogP contribution in [0.2, 0.25) is 0 Å². The van der Waals surface area contributed by atoms with Gasteiger partial charge in [0, 0.05) is 42.3 Å². The van der Waals surface area contributed by atoms with Crippen molar-refractivity contribution in [3.05, 3.63) is 28.2 Å². The number of likely N-dealkylation sites (tertiary alicyclic amines) is 1. The molecule has 0 radical (unpaired) electrons. The lowest BCUT2D eigenvalue weighted by Gasteiger charge is -2.32. The summed E-state index contributed by atoms with van der Waals surface area (Å²) in [6, 6.07) is 5.26. The van der Waals surface area contributed by atoms with Crippen LogP contribution >= 0.6 is 15.9 Å². The lowest BCUT2D eigenvalue weighted by Crippen LogP contribution is -2.41. The van der Waals surface area contributed by atoms with E-state index in [-0.39, 0.29) is 11.8 Å². The lowest BCUT2D eigenvalue weighted by molar-refractivity contribution is -0.119. The molecule has 3 N–H and O–H groups in total. The van der Waals surface area contributed by atoms with Gasteiger partial charge in [0.15, 0.2) is 0 Å². The summed E-state index contributed by atoms with van der Waals surface area (Å²) in [6.07, 6.45) is 1.84. The fourth-order valence-corrected chi connectivity index (χ4v) is 2.85. The predicted molar refractivity (Wildman–Crippen MR) is 85.9 cm³/mol. The third-order valence-electron chi connectivity index (χ3n) is 3.79. The number of amides is 2. The Bertz CT molecular complexity index is 540. The number of nitrogens with zero attached hydrogens (tertiary/aromatic N) is 1. The van der Waals surface area contributed by atoms with Crippen LogP contribution in [0.4, 0.5) is 5.69 Å². The van der Waals surface area contributed by atoms with Crippen molar-refractivity contribution in [2.24, 2.45) is 5.92 Å². The number of hydrogen-bond acceptors (Lipinski definition) is 3. The molecule has 0 saturated carbocycles. The maximum Gasteiger partial charge on any atom is 0.253 e. The molecule has 6 heteroatoms. The number of nitrogen functional groups attached to an aromatic ring is 1. The molecule has 1 aromatic carbocycles. The van der Waals surface area contributed by atoms with Crippen molar-refractivity contribution < 1.29 is 9.59 Å². The van der Waals surface area contributed by atoms with E-state index < -0.39 is 0 Å². The Morgan fingerprint density at radius 2 is 2.05 bits per heavy atom. The second-order valence-corrected chi connectivity index (χ2v) is 6.26. The number of benzene rings is 1. The van der Waals surface area contributed by atoms with Crippen LogP contribution in [0.25, 0.3) is 0 Å². The summed E-state index contributed by atoms with van der Waals surface area (Å²) in [7, 11) is 0. The molecule has 1 aliphatic heterocycles. The van der Waals surface area contributed by atoms with E-state index in [1.807, 2.05) is 4.90 Å². The van der Waals surface area contributed by atoms with Gasteiger partial charge in [0.25, 0.3) is 5.91 Å². The van der Waals surface area contributed by atoms with E-state index in [0.29, 0.717) is 23.7 Å². The van der Waals surface area contributed by atoms with E-state index in [1.54, 1.807) is 18.2 Å².